The van der Waals surface area contributed by atoms with Gasteiger partial charge in [-0.15, -0.1) is 0 Å². The van der Waals surface area contributed by atoms with Crippen LogP contribution in [0.15, 0.2) is 35.5 Å². The van der Waals surface area contributed by atoms with Crippen LogP contribution in [0.1, 0.15) is 6.42 Å². The van der Waals surface area contributed by atoms with Crippen molar-refractivity contribution in [3.63, 3.8) is 0 Å². The van der Waals surface area contributed by atoms with Crippen LogP contribution in [0.4, 0.5) is 0 Å². The van der Waals surface area contributed by atoms with E-state index in [1.165, 1.54) is 0 Å². The van der Waals surface area contributed by atoms with E-state index in [-0.39, 0.29) is 5.91 Å². The van der Waals surface area contributed by atoms with Crippen molar-refractivity contribution in [2.75, 3.05) is 26.3 Å². The topological polar surface area (TPSA) is 46.6 Å². The molecule has 1 fully saturated rings. The quantitative estimate of drug-likeness (QED) is 0.552. The Bertz CT molecular complexity index is 415. The lowest BCUT2D eigenvalue weighted by Gasteiger charge is -2.25. The van der Waals surface area contributed by atoms with Crippen LogP contribution in [0.5, 0.6) is 0 Å². The summed E-state index contributed by atoms with van der Waals surface area (Å²) in [7, 11) is 0. The van der Waals surface area contributed by atoms with Gasteiger partial charge in [0, 0.05) is 19.2 Å². The van der Waals surface area contributed by atoms with Crippen molar-refractivity contribution >= 4 is 12.2 Å². The predicted molar refractivity (Wildman–Crippen MR) is 67.7 cm³/mol. The van der Waals surface area contributed by atoms with Gasteiger partial charge in [0.2, 0.25) is 5.91 Å². The number of hydrogen-bond acceptors (Lipinski definition) is 3. The number of ether oxygens (including phenoxy) is 1. The maximum atomic E-state index is 11.9. The van der Waals surface area contributed by atoms with Gasteiger partial charge in [-0.3, -0.25) is 9.59 Å². The molecule has 95 valence electrons. The fourth-order valence-electron chi connectivity index (χ4n) is 1.90. The Morgan fingerprint density at radius 3 is 2.78 bits per heavy atom. The Morgan fingerprint density at radius 2 is 2.06 bits per heavy atom. The van der Waals surface area contributed by atoms with E-state index < -0.39 is 0 Å². The molecular formula is C14H16NO3. The van der Waals surface area contributed by atoms with Crippen LogP contribution >= 0.6 is 0 Å². The van der Waals surface area contributed by atoms with Crippen molar-refractivity contribution in [3.05, 3.63) is 41.9 Å². The Hall–Kier alpha value is -1.68. The number of aldehydes is 1. The molecule has 4 nitrogen and oxygen atoms in total. The van der Waals surface area contributed by atoms with Crippen LogP contribution in [-0.4, -0.2) is 43.4 Å². The average Bonchev–Trinajstić information content (AvgIpc) is 2.46. The zero-order valence-corrected chi connectivity index (χ0v) is 10.2. The molecule has 2 aliphatic rings. The highest BCUT2D eigenvalue weighted by molar-refractivity contribution is 5.88. The lowest BCUT2D eigenvalue weighted by molar-refractivity contribution is -0.129. The van der Waals surface area contributed by atoms with Crippen LogP contribution in [0.25, 0.3) is 0 Å². The van der Waals surface area contributed by atoms with Gasteiger partial charge < -0.3 is 9.64 Å². The Kier molecular flexibility index (Phi) is 4.47. The first-order chi connectivity index (χ1) is 8.79. The summed E-state index contributed by atoms with van der Waals surface area (Å²) in [5, 5.41) is 0. The first kappa shape index (κ1) is 12.8. The second-order valence-electron chi connectivity index (χ2n) is 4.18. The van der Waals surface area contributed by atoms with Gasteiger partial charge >= 0.3 is 0 Å². The summed E-state index contributed by atoms with van der Waals surface area (Å²) in [4.78, 5) is 24.3. The molecule has 0 atom stereocenters. The van der Waals surface area contributed by atoms with Crippen molar-refractivity contribution in [2.45, 2.75) is 6.42 Å². The molecule has 18 heavy (non-hydrogen) atoms. The molecule has 4 heteroatoms. The maximum absolute atomic E-state index is 11.9. The lowest BCUT2D eigenvalue weighted by atomic mass is 10.00. The van der Waals surface area contributed by atoms with Crippen LogP contribution in [-0.2, 0) is 14.3 Å². The van der Waals surface area contributed by atoms with E-state index in [9.17, 15) is 9.59 Å². The molecule has 0 spiro atoms. The number of amides is 1. The van der Waals surface area contributed by atoms with Crippen LogP contribution in [0, 0.1) is 6.42 Å². The summed E-state index contributed by atoms with van der Waals surface area (Å²) >= 11 is 0. The molecule has 2 rings (SSSR count). The SMILES string of the molecule is O=CC1=CC(/C=C/C(=O)N2CCOCC2)=CC[CH]1. The van der Waals surface area contributed by atoms with E-state index in [1.54, 1.807) is 23.1 Å². The fraction of sp³-hybridized carbons (Fsp3) is 0.357. The number of nitrogens with zero attached hydrogens (tertiary/aromatic N) is 1. The lowest BCUT2D eigenvalue weighted by Crippen LogP contribution is -2.39. The number of allylic oxidation sites excluding steroid dienone is 5. The summed E-state index contributed by atoms with van der Waals surface area (Å²) in [6.45, 7) is 2.50. The smallest absolute Gasteiger partial charge is 0.246 e. The Morgan fingerprint density at radius 1 is 1.28 bits per heavy atom. The van der Waals surface area contributed by atoms with Crippen molar-refractivity contribution in [1.82, 2.24) is 4.90 Å². The average molecular weight is 246 g/mol. The molecular weight excluding hydrogens is 230 g/mol. The Labute approximate surface area is 107 Å². The normalized spacial score (nSPS) is 20.6. The van der Waals surface area contributed by atoms with E-state index in [2.05, 4.69) is 0 Å². The number of carbonyl (C=O) groups excluding carboxylic acids is 2. The van der Waals surface area contributed by atoms with E-state index in [0.29, 0.717) is 31.9 Å². The van der Waals surface area contributed by atoms with Gasteiger partial charge in [-0.1, -0.05) is 6.08 Å². The molecule has 0 saturated carbocycles. The fourth-order valence-corrected chi connectivity index (χ4v) is 1.90. The van der Waals surface area contributed by atoms with Crippen LogP contribution in [0.3, 0.4) is 0 Å². The molecule has 1 amide bonds. The summed E-state index contributed by atoms with van der Waals surface area (Å²) < 4.78 is 5.19. The Balaban J connectivity index is 1.94. The molecule has 0 bridgehead atoms. The summed E-state index contributed by atoms with van der Waals surface area (Å²) in [5.41, 5.74) is 1.57. The van der Waals surface area contributed by atoms with E-state index in [4.69, 9.17) is 4.74 Å². The third-order valence-electron chi connectivity index (χ3n) is 2.92. The third kappa shape index (κ3) is 3.40. The molecule has 0 unspecified atom stereocenters. The molecule has 1 saturated heterocycles. The molecule has 0 aromatic rings. The standard InChI is InChI=1S/C14H16NO3/c16-11-13-3-1-2-12(10-13)4-5-14(17)15-6-8-18-9-7-15/h2-5,10-11H,1,6-9H2/b5-4+. The van der Waals surface area contributed by atoms with Gasteiger partial charge in [0.1, 0.15) is 6.29 Å². The molecule has 1 aliphatic heterocycles. The highest BCUT2D eigenvalue weighted by atomic mass is 16.5. The summed E-state index contributed by atoms with van der Waals surface area (Å²) in [6.07, 6.45) is 10.5. The predicted octanol–water partition coefficient (Wildman–Crippen LogP) is 1.06. The first-order valence-electron chi connectivity index (χ1n) is 6.04. The number of carbonyl (C=O) groups is 2. The molecule has 1 radical (unpaired) electrons. The van der Waals surface area contributed by atoms with Crippen molar-refractivity contribution in [1.29, 1.82) is 0 Å². The number of rotatable bonds is 3. The van der Waals surface area contributed by atoms with Gasteiger partial charge in [0.25, 0.3) is 0 Å². The zero-order valence-electron chi connectivity index (χ0n) is 10.2. The third-order valence-corrected chi connectivity index (χ3v) is 2.92. The largest absolute Gasteiger partial charge is 0.378 e. The summed E-state index contributed by atoms with van der Waals surface area (Å²) in [6, 6.07) is 0. The number of hydrogen-bond donors (Lipinski definition) is 0. The first-order valence-corrected chi connectivity index (χ1v) is 6.04. The van der Waals surface area contributed by atoms with E-state index >= 15 is 0 Å². The molecule has 0 aromatic carbocycles. The van der Waals surface area contributed by atoms with Gasteiger partial charge in [-0.2, -0.15) is 0 Å². The van der Waals surface area contributed by atoms with Gasteiger partial charge in [0.15, 0.2) is 0 Å². The van der Waals surface area contributed by atoms with Crippen molar-refractivity contribution < 1.29 is 14.3 Å². The molecule has 1 heterocycles. The van der Waals surface area contributed by atoms with Crippen LogP contribution in [0.2, 0.25) is 0 Å². The zero-order chi connectivity index (χ0) is 12.8. The highest BCUT2D eigenvalue weighted by Crippen LogP contribution is 2.15. The minimum absolute atomic E-state index is 0.00481. The minimum Gasteiger partial charge on any atom is -0.378 e. The highest BCUT2D eigenvalue weighted by Gasteiger charge is 2.14. The second-order valence-corrected chi connectivity index (χ2v) is 4.18. The maximum Gasteiger partial charge on any atom is 0.246 e. The van der Waals surface area contributed by atoms with Gasteiger partial charge in [-0.05, 0) is 36.1 Å². The van der Waals surface area contributed by atoms with E-state index in [1.807, 2.05) is 12.5 Å². The minimum atomic E-state index is -0.00481. The van der Waals surface area contributed by atoms with Crippen LogP contribution < -0.4 is 0 Å². The van der Waals surface area contributed by atoms with Gasteiger partial charge in [-0.25, -0.2) is 0 Å². The van der Waals surface area contributed by atoms with E-state index in [0.717, 1.165) is 18.3 Å². The molecule has 0 N–H and O–H groups in total. The summed E-state index contributed by atoms with van der Waals surface area (Å²) in [5.74, 6) is -0.00481. The monoisotopic (exact) mass is 246 g/mol. The van der Waals surface area contributed by atoms with Crippen molar-refractivity contribution in [3.8, 4) is 0 Å². The van der Waals surface area contributed by atoms with Gasteiger partial charge in [0.05, 0.1) is 13.2 Å². The second kappa shape index (κ2) is 6.31. The molecule has 1 aliphatic carbocycles. The van der Waals surface area contributed by atoms with Crippen molar-refractivity contribution in [2.24, 2.45) is 0 Å². The number of morpholine rings is 1. The molecule has 0 aromatic heterocycles.